The molecule has 19 heavy (non-hydrogen) atoms. The van der Waals surface area contributed by atoms with Gasteiger partial charge >= 0.3 is 0 Å². The van der Waals surface area contributed by atoms with Crippen LogP contribution in [0, 0.1) is 6.92 Å². The third-order valence-electron chi connectivity index (χ3n) is 1.87. The zero-order chi connectivity index (χ0) is 15.4. The Morgan fingerprint density at radius 3 is 2.16 bits per heavy atom. The molecular weight excluding hydrogens is 255 g/mol. The Morgan fingerprint density at radius 1 is 1.16 bits per heavy atom. The lowest BCUT2D eigenvalue weighted by Gasteiger charge is -2.00. The molecule has 0 spiro atoms. The maximum Gasteiger partial charge on any atom is 0.300 e. The normalized spacial score (nSPS) is 8.11. The van der Waals surface area contributed by atoms with Gasteiger partial charge in [-0.2, -0.15) is 0 Å². The van der Waals surface area contributed by atoms with Crippen LogP contribution in [0.1, 0.15) is 5.69 Å². The highest BCUT2D eigenvalue weighted by Crippen LogP contribution is 2.08. The lowest BCUT2D eigenvalue weighted by atomic mass is 10.3. The highest BCUT2D eigenvalue weighted by atomic mass is 19.2. The summed E-state index contributed by atoms with van der Waals surface area (Å²) in [7, 11) is 2.00. The summed E-state index contributed by atoms with van der Waals surface area (Å²) >= 11 is 0. The van der Waals surface area contributed by atoms with E-state index in [9.17, 15) is 9.28 Å². The molecule has 0 saturated carbocycles. The molecule has 0 aliphatic rings. The van der Waals surface area contributed by atoms with E-state index in [0.29, 0.717) is 5.52 Å². The van der Waals surface area contributed by atoms with Gasteiger partial charge in [0, 0.05) is 14.2 Å². The molecule has 106 valence electrons. The van der Waals surface area contributed by atoms with Gasteiger partial charge in [-0.3, -0.25) is 4.79 Å². The molecule has 0 amide bonds. The fourth-order valence-corrected chi connectivity index (χ4v) is 1.20. The molecule has 0 aliphatic carbocycles. The number of hydrogen-bond donors (Lipinski definition) is 2. The van der Waals surface area contributed by atoms with Crippen LogP contribution in [0.25, 0.3) is 11.0 Å². The van der Waals surface area contributed by atoms with Crippen molar-refractivity contribution in [3.05, 3.63) is 40.3 Å². The number of rotatable bonds is 0. The molecular formula is C12H17FN2O4. The average molecular weight is 272 g/mol. The van der Waals surface area contributed by atoms with Crippen LogP contribution in [0.5, 0.6) is 0 Å². The highest BCUT2D eigenvalue weighted by Gasteiger charge is 2.05. The summed E-state index contributed by atoms with van der Waals surface area (Å²) in [5.41, 5.74) is 0.167. The third kappa shape index (κ3) is 4.94. The smallest absolute Gasteiger partial charge is 0.300 e. The van der Waals surface area contributed by atoms with E-state index < -0.39 is 5.56 Å². The summed E-state index contributed by atoms with van der Waals surface area (Å²) in [6, 6.07) is 6.59. The van der Waals surface area contributed by atoms with E-state index in [1.54, 1.807) is 18.2 Å². The fourth-order valence-electron chi connectivity index (χ4n) is 1.20. The van der Waals surface area contributed by atoms with Gasteiger partial charge in [0.1, 0.15) is 18.0 Å². The van der Waals surface area contributed by atoms with Crippen molar-refractivity contribution in [1.82, 2.24) is 9.77 Å². The van der Waals surface area contributed by atoms with Crippen molar-refractivity contribution in [1.29, 1.82) is 0 Å². The van der Waals surface area contributed by atoms with E-state index >= 15 is 0 Å². The topological polar surface area (TPSA) is 92.4 Å². The Bertz CT molecular complexity index is 543. The number of carbonyl (C=O) groups excluding carboxylic acids is 1. The predicted octanol–water partition coefficient (Wildman–Crippen LogP) is 0.470. The minimum Gasteiger partial charge on any atom is -0.400 e. The first-order valence-electron chi connectivity index (χ1n) is 5.03. The van der Waals surface area contributed by atoms with Crippen LogP contribution in [0.15, 0.2) is 29.1 Å². The number of hydrogen-bond acceptors (Lipinski definition) is 5. The van der Waals surface area contributed by atoms with E-state index in [1.807, 2.05) is 6.79 Å². The van der Waals surface area contributed by atoms with Crippen LogP contribution in [0.4, 0.5) is 4.48 Å². The number of halogens is 1. The Kier molecular flexibility index (Phi) is 11.1. The molecule has 0 bridgehead atoms. The summed E-state index contributed by atoms with van der Waals surface area (Å²) in [4.78, 5) is 23.2. The maximum absolute atomic E-state index is 13.2. The van der Waals surface area contributed by atoms with Crippen molar-refractivity contribution in [2.75, 3.05) is 14.2 Å². The lowest BCUT2D eigenvalue weighted by molar-refractivity contribution is -0.0979. The first-order valence-corrected chi connectivity index (χ1v) is 5.03. The largest absolute Gasteiger partial charge is 0.400 e. The van der Waals surface area contributed by atoms with Crippen LogP contribution in [-0.4, -0.2) is 41.0 Å². The summed E-state index contributed by atoms with van der Waals surface area (Å²) in [5.74, 6) is 0. The quantitative estimate of drug-likeness (QED) is 0.727. The Labute approximate surface area is 109 Å². The first-order chi connectivity index (χ1) is 9.20. The minimum atomic E-state index is -0.696. The Balaban J connectivity index is 0. The van der Waals surface area contributed by atoms with E-state index in [1.165, 1.54) is 13.0 Å². The van der Waals surface area contributed by atoms with Gasteiger partial charge in [-0.15, -0.1) is 4.79 Å². The SMILES string of the molecule is C=O.CO.CO.Cc1nc2ccccc2n(F)c1=O. The molecule has 7 heteroatoms. The lowest BCUT2D eigenvalue weighted by Crippen LogP contribution is -2.18. The molecule has 2 N–H and O–H groups in total. The second kappa shape index (κ2) is 11.0. The van der Waals surface area contributed by atoms with Gasteiger partial charge in [-0.1, -0.05) is 16.6 Å². The van der Waals surface area contributed by atoms with Crippen molar-refractivity contribution < 1.29 is 19.5 Å². The number of carbonyl (C=O) groups is 1. The second-order valence-corrected chi connectivity index (χ2v) is 2.77. The number of fused-ring (bicyclic) bond motifs is 1. The van der Waals surface area contributed by atoms with Gasteiger partial charge < -0.3 is 15.0 Å². The Morgan fingerprint density at radius 2 is 1.63 bits per heavy atom. The fraction of sp³-hybridized carbons (Fsp3) is 0.250. The molecule has 1 aromatic heterocycles. The van der Waals surface area contributed by atoms with Crippen LogP contribution in [0.2, 0.25) is 0 Å². The molecule has 2 rings (SSSR count). The van der Waals surface area contributed by atoms with Gasteiger partial charge in [-0.25, -0.2) is 4.98 Å². The molecule has 0 aliphatic heterocycles. The number of aromatic nitrogens is 2. The molecule has 6 nitrogen and oxygen atoms in total. The highest BCUT2D eigenvalue weighted by molar-refractivity contribution is 5.74. The Hall–Kier alpha value is -2.12. The third-order valence-corrected chi connectivity index (χ3v) is 1.87. The van der Waals surface area contributed by atoms with Gasteiger partial charge in [0.15, 0.2) is 0 Å². The van der Waals surface area contributed by atoms with E-state index in [-0.39, 0.29) is 16.0 Å². The molecule has 0 radical (unpaired) electrons. The van der Waals surface area contributed by atoms with Crippen LogP contribution < -0.4 is 5.56 Å². The molecule has 1 heterocycles. The van der Waals surface area contributed by atoms with Crippen LogP contribution in [-0.2, 0) is 4.79 Å². The van der Waals surface area contributed by atoms with Crippen molar-refractivity contribution in [2.45, 2.75) is 6.92 Å². The number of benzene rings is 1. The van der Waals surface area contributed by atoms with E-state index in [0.717, 1.165) is 14.2 Å². The zero-order valence-corrected chi connectivity index (χ0v) is 11.0. The van der Waals surface area contributed by atoms with Gasteiger partial charge in [0.05, 0.1) is 5.52 Å². The first kappa shape index (κ1) is 19.2. The van der Waals surface area contributed by atoms with E-state index in [2.05, 4.69) is 4.98 Å². The average Bonchev–Trinajstić information content (AvgIpc) is 2.51. The van der Waals surface area contributed by atoms with Gasteiger partial charge in [-0.05, 0) is 19.1 Å². The standard InChI is InChI=1S/C9H7FN2O.2CH4O.CH2O/c1-6-9(13)12(10)8-5-3-2-4-7(8)11-6;3*1-2/h2-5H,1H3;2*2H,1H3;1H2. The summed E-state index contributed by atoms with van der Waals surface area (Å²) in [5, 5.41) is 14.0. The molecule has 0 unspecified atom stereocenters. The maximum atomic E-state index is 13.2. The van der Waals surface area contributed by atoms with Crippen LogP contribution in [0.3, 0.4) is 0 Å². The number of para-hydroxylation sites is 2. The monoisotopic (exact) mass is 272 g/mol. The summed E-state index contributed by atoms with van der Waals surface area (Å²) in [6.07, 6.45) is 0. The van der Waals surface area contributed by atoms with E-state index in [4.69, 9.17) is 15.0 Å². The molecule has 1 aromatic carbocycles. The van der Waals surface area contributed by atoms with Crippen molar-refractivity contribution in [2.24, 2.45) is 0 Å². The summed E-state index contributed by atoms with van der Waals surface area (Å²) < 4.78 is 13.2. The minimum absolute atomic E-state index is 0.123. The molecule has 0 saturated heterocycles. The number of aryl methyl sites for hydroxylation is 1. The zero-order valence-electron chi connectivity index (χ0n) is 11.0. The second-order valence-electron chi connectivity index (χ2n) is 2.77. The molecule has 0 fully saturated rings. The van der Waals surface area contributed by atoms with Gasteiger partial charge in [0.2, 0.25) is 0 Å². The van der Waals surface area contributed by atoms with Crippen molar-refractivity contribution in [3.8, 4) is 0 Å². The van der Waals surface area contributed by atoms with Gasteiger partial charge in [0.25, 0.3) is 5.56 Å². The number of aliphatic hydroxyl groups excluding tert-OH is 2. The van der Waals surface area contributed by atoms with Crippen molar-refractivity contribution >= 4 is 17.8 Å². The number of nitrogens with zero attached hydrogens (tertiary/aromatic N) is 2. The molecule has 2 aromatic rings. The number of aliphatic hydroxyl groups is 2. The molecule has 0 atom stereocenters. The van der Waals surface area contributed by atoms with Crippen LogP contribution >= 0.6 is 0 Å². The summed E-state index contributed by atoms with van der Waals surface area (Å²) in [6.45, 7) is 3.49. The van der Waals surface area contributed by atoms with Crippen molar-refractivity contribution in [3.63, 3.8) is 0 Å². The predicted molar refractivity (Wildman–Crippen MR) is 70.7 cm³/mol.